The van der Waals surface area contributed by atoms with Gasteiger partial charge >= 0.3 is 0 Å². The van der Waals surface area contributed by atoms with E-state index in [0.29, 0.717) is 0 Å². The van der Waals surface area contributed by atoms with Crippen molar-refractivity contribution in [1.82, 2.24) is 0 Å². The van der Waals surface area contributed by atoms with Crippen LogP contribution < -0.4 is 4.90 Å². The van der Waals surface area contributed by atoms with Crippen molar-refractivity contribution < 1.29 is 0 Å². The van der Waals surface area contributed by atoms with Crippen LogP contribution in [0.5, 0.6) is 0 Å². The van der Waals surface area contributed by atoms with Crippen molar-refractivity contribution in [1.29, 1.82) is 0 Å². The Bertz CT molecular complexity index is 2740. The second-order valence-electron chi connectivity index (χ2n) is 14.6. The van der Waals surface area contributed by atoms with Crippen LogP contribution in [0.15, 0.2) is 171 Å². The number of benzene rings is 7. The minimum atomic E-state index is 0.949. The normalized spacial score (nSPS) is 16.0. The summed E-state index contributed by atoms with van der Waals surface area (Å²) in [6.45, 7) is 4.60. The summed E-state index contributed by atoms with van der Waals surface area (Å²) in [5.41, 5.74) is 25.9. The zero-order valence-corrected chi connectivity index (χ0v) is 28.9. The van der Waals surface area contributed by atoms with Crippen LogP contribution in [-0.4, -0.2) is 0 Å². The minimum absolute atomic E-state index is 0.949. The van der Waals surface area contributed by atoms with Gasteiger partial charge in [0.15, 0.2) is 0 Å². The predicted molar refractivity (Wildman–Crippen MR) is 218 cm³/mol. The first kappa shape index (κ1) is 29.3. The number of allylic oxidation sites excluding steroid dienone is 4. The first-order valence-electron chi connectivity index (χ1n) is 18.3. The number of hydrogen-bond acceptors (Lipinski definition) is 1. The van der Waals surface area contributed by atoms with Crippen LogP contribution in [0.4, 0.5) is 11.4 Å². The van der Waals surface area contributed by atoms with Gasteiger partial charge in [0, 0.05) is 17.5 Å². The molecule has 1 heterocycles. The van der Waals surface area contributed by atoms with E-state index >= 15 is 0 Å². The van der Waals surface area contributed by atoms with Gasteiger partial charge in [-0.15, -0.1) is 0 Å². The van der Waals surface area contributed by atoms with Crippen molar-refractivity contribution in [2.75, 3.05) is 4.90 Å². The number of rotatable bonds is 3. The lowest BCUT2D eigenvalue weighted by Crippen LogP contribution is -2.12. The zero-order valence-electron chi connectivity index (χ0n) is 28.9. The summed E-state index contributed by atoms with van der Waals surface area (Å²) < 4.78 is 0. The molecule has 1 aliphatic heterocycles. The molecule has 0 saturated heterocycles. The van der Waals surface area contributed by atoms with Gasteiger partial charge in [-0.1, -0.05) is 122 Å². The molecular weight excluding hydrogens is 627 g/mol. The van der Waals surface area contributed by atoms with Crippen LogP contribution >= 0.6 is 0 Å². The van der Waals surface area contributed by atoms with Gasteiger partial charge in [0.25, 0.3) is 0 Å². The molecule has 0 N–H and O–H groups in total. The summed E-state index contributed by atoms with van der Waals surface area (Å²) in [6, 6.07) is 54.3. The minimum Gasteiger partial charge on any atom is -0.317 e. The van der Waals surface area contributed by atoms with Crippen molar-refractivity contribution >= 4 is 22.5 Å². The number of nitrogens with zero attached hydrogens (tertiary/aromatic N) is 1. The topological polar surface area (TPSA) is 3.24 Å². The quantitative estimate of drug-likeness (QED) is 0.182. The first-order valence-corrected chi connectivity index (χ1v) is 18.3. The molecule has 7 aromatic carbocycles. The lowest BCUT2D eigenvalue weighted by atomic mass is 9.91. The van der Waals surface area contributed by atoms with Crippen LogP contribution in [0, 0.1) is 0 Å². The summed E-state index contributed by atoms with van der Waals surface area (Å²) in [5, 5.41) is 0. The number of para-hydroxylation sites is 1. The van der Waals surface area contributed by atoms with Crippen LogP contribution in [0.3, 0.4) is 0 Å². The van der Waals surface area contributed by atoms with E-state index in [1.54, 1.807) is 0 Å². The third-order valence-electron chi connectivity index (χ3n) is 11.7. The molecule has 4 aliphatic rings. The van der Waals surface area contributed by atoms with E-state index in [0.717, 1.165) is 47.3 Å². The van der Waals surface area contributed by atoms with E-state index in [-0.39, 0.29) is 0 Å². The molecular formula is C51H35N. The van der Waals surface area contributed by atoms with Crippen molar-refractivity contribution in [3.8, 4) is 44.5 Å². The maximum absolute atomic E-state index is 4.60. The zero-order chi connectivity index (χ0) is 34.3. The highest BCUT2D eigenvalue weighted by Gasteiger charge is 2.26. The standard InChI is InChI=1S/C51H35N/c1-32-25-34(33-17-18-37-26-35-9-2-4-13-44(35)47(37)29-33)23-24-52(50-16-7-6-12-43(32)50)42-22-21-39-28-41-11-8-15-46(51(41)49(39)31-42)40-20-19-38-27-36-10-3-5-14-45(36)48(38)30-40/h2-25,29-31H,1,26-28H2/b24-23-,34-25+. The van der Waals surface area contributed by atoms with Crippen molar-refractivity contribution in [3.63, 3.8) is 0 Å². The third-order valence-corrected chi connectivity index (χ3v) is 11.7. The van der Waals surface area contributed by atoms with E-state index in [1.165, 1.54) is 83.5 Å². The molecule has 0 amide bonds. The molecule has 0 unspecified atom stereocenters. The maximum Gasteiger partial charge on any atom is 0.0533 e. The molecule has 0 saturated carbocycles. The molecule has 1 heteroatoms. The number of fused-ring (bicyclic) bond motifs is 10. The Morgan fingerprint density at radius 1 is 0.423 bits per heavy atom. The van der Waals surface area contributed by atoms with E-state index in [2.05, 4.69) is 175 Å². The third kappa shape index (κ3) is 4.49. The van der Waals surface area contributed by atoms with Gasteiger partial charge in [0.2, 0.25) is 0 Å². The Labute approximate surface area is 305 Å². The van der Waals surface area contributed by atoms with E-state index in [4.69, 9.17) is 0 Å². The van der Waals surface area contributed by atoms with Crippen LogP contribution in [-0.2, 0) is 19.3 Å². The fourth-order valence-corrected chi connectivity index (χ4v) is 9.12. The fraction of sp³-hybridized carbons (Fsp3) is 0.0588. The van der Waals surface area contributed by atoms with Gasteiger partial charge in [-0.3, -0.25) is 0 Å². The molecule has 1 nitrogen and oxygen atoms in total. The molecule has 0 spiro atoms. The van der Waals surface area contributed by atoms with Gasteiger partial charge in [0.1, 0.15) is 0 Å². The van der Waals surface area contributed by atoms with E-state index in [1.807, 2.05) is 0 Å². The van der Waals surface area contributed by atoms with Crippen molar-refractivity contribution in [2.45, 2.75) is 19.3 Å². The summed E-state index contributed by atoms with van der Waals surface area (Å²) in [7, 11) is 0. The van der Waals surface area contributed by atoms with Gasteiger partial charge in [-0.2, -0.15) is 0 Å². The Hall–Kier alpha value is -6.44. The van der Waals surface area contributed by atoms with Crippen LogP contribution in [0.2, 0.25) is 0 Å². The van der Waals surface area contributed by atoms with Crippen LogP contribution in [0.25, 0.3) is 55.7 Å². The average molecular weight is 662 g/mol. The molecule has 244 valence electrons. The molecule has 0 bridgehead atoms. The molecule has 11 rings (SSSR count). The first-order chi connectivity index (χ1) is 25.7. The average Bonchev–Trinajstić information content (AvgIpc) is 3.87. The summed E-state index contributed by atoms with van der Waals surface area (Å²) >= 11 is 0. The Morgan fingerprint density at radius 2 is 0.981 bits per heavy atom. The van der Waals surface area contributed by atoms with Gasteiger partial charge in [0.05, 0.1) is 5.69 Å². The maximum atomic E-state index is 4.60. The summed E-state index contributed by atoms with van der Waals surface area (Å²) in [6.07, 6.45) is 9.72. The van der Waals surface area contributed by atoms with Crippen molar-refractivity contribution in [3.05, 3.63) is 215 Å². The molecule has 7 aromatic rings. The Morgan fingerprint density at radius 3 is 1.75 bits per heavy atom. The predicted octanol–water partition coefficient (Wildman–Crippen LogP) is 12.8. The largest absolute Gasteiger partial charge is 0.317 e. The molecule has 0 aromatic heterocycles. The number of hydrogen-bond donors (Lipinski definition) is 0. The Kier molecular flexibility index (Phi) is 6.36. The molecule has 0 atom stereocenters. The SMILES string of the molecule is C=C1/C=C(c2ccc3c(c2)-c2ccccc2C3)\C=C/N(c2ccc3c(c2)-c2c(cccc2-c2ccc4c(c2)-c2ccccc2C4)C3)c2ccccc21. The fourth-order valence-electron chi connectivity index (χ4n) is 9.12. The lowest BCUT2D eigenvalue weighted by Gasteiger charge is -2.27. The van der Waals surface area contributed by atoms with E-state index < -0.39 is 0 Å². The highest BCUT2D eigenvalue weighted by molar-refractivity contribution is 5.97. The van der Waals surface area contributed by atoms with Crippen molar-refractivity contribution in [2.24, 2.45) is 0 Å². The highest BCUT2D eigenvalue weighted by atomic mass is 15.1. The molecule has 0 fully saturated rings. The monoisotopic (exact) mass is 661 g/mol. The van der Waals surface area contributed by atoms with Gasteiger partial charge in [-0.25, -0.2) is 0 Å². The van der Waals surface area contributed by atoms with E-state index in [9.17, 15) is 0 Å². The molecule has 52 heavy (non-hydrogen) atoms. The lowest BCUT2D eigenvalue weighted by molar-refractivity contribution is 1.24. The second-order valence-corrected chi connectivity index (χ2v) is 14.6. The number of anilines is 2. The highest BCUT2D eigenvalue weighted by Crippen LogP contribution is 2.48. The van der Waals surface area contributed by atoms with Gasteiger partial charge in [-0.05, 0) is 156 Å². The van der Waals surface area contributed by atoms with Gasteiger partial charge < -0.3 is 4.90 Å². The summed E-state index contributed by atoms with van der Waals surface area (Å²) in [4.78, 5) is 2.35. The Balaban J connectivity index is 1.01. The van der Waals surface area contributed by atoms with Crippen LogP contribution in [0.1, 0.15) is 44.5 Å². The molecule has 0 radical (unpaired) electrons. The second kappa shape index (κ2) is 11.3. The summed E-state index contributed by atoms with van der Waals surface area (Å²) in [5.74, 6) is 0. The smallest absolute Gasteiger partial charge is 0.0533 e. The molecule has 3 aliphatic carbocycles.